The van der Waals surface area contributed by atoms with E-state index in [4.69, 9.17) is 4.74 Å². The van der Waals surface area contributed by atoms with E-state index in [0.717, 1.165) is 6.07 Å². The lowest BCUT2D eigenvalue weighted by atomic mass is 10.0. The van der Waals surface area contributed by atoms with Gasteiger partial charge >= 0.3 is 12.3 Å². The molecule has 0 aliphatic carbocycles. The van der Waals surface area contributed by atoms with Crippen molar-refractivity contribution in [3.63, 3.8) is 0 Å². The molecule has 2 aromatic heterocycles. The first-order valence-electron chi connectivity index (χ1n) is 9.16. The summed E-state index contributed by atoms with van der Waals surface area (Å²) in [6.07, 6.45) is -3.61. The summed E-state index contributed by atoms with van der Waals surface area (Å²) in [5, 5.41) is 14.7. The summed E-state index contributed by atoms with van der Waals surface area (Å²) in [7, 11) is 0. The van der Waals surface area contributed by atoms with Crippen LogP contribution in [-0.2, 0) is 12.7 Å². The van der Waals surface area contributed by atoms with Crippen molar-refractivity contribution in [3.8, 4) is 5.88 Å². The fraction of sp³-hybridized carbons (Fsp3) is 0.300. The molecule has 0 radical (unpaired) electrons. The molecule has 0 aliphatic heterocycles. The molecule has 0 spiro atoms. The maximum absolute atomic E-state index is 13.6. The third kappa shape index (κ3) is 5.61. The minimum Gasteiger partial charge on any atom is -0.393 e. The Morgan fingerprint density at radius 3 is 2.68 bits per heavy atom. The number of hydrogen-bond donors (Lipinski definition) is 2. The van der Waals surface area contributed by atoms with Gasteiger partial charge in [-0.3, -0.25) is 5.32 Å². The number of amides is 1. The van der Waals surface area contributed by atoms with Crippen molar-refractivity contribution >= 4 is 22.6 Å². The highest BCUT2D eigenvalue weighted by atomic mass is 32.1. The number of carbonyl (C=O) groups excluding carboxylic acids is 1. The maximum Gasteiger partial charge on any atom is 0.420 e. The number of aromatic nitrogens is 2. The number of rotatable bonds is 6. The molecule has 1 atom stereocenters. The molecule has 3 aromatic rings. The van der Waals surface area contributed by atoms with Crippen LogP contribution in [0.4, 0.5) is 27.5 Å². The number of nitrogens with zero attached hydrogens (tertiary/aromatic N) is 2. The molecule has 2 heterocycles. The fourth-order valence-corrected chi connectivity index (χ4v) is 3.36. The molecular formula is C20H19F4N3O3S. The number of ether oxygens (including phenoxy) is 1. The summed E-state index contributed by atoms with van der Waals surface area (Å²) in [6, 6.07) is 4.08. The number of aliphatic hydroxyl groups excluding tert-OH is 1. The summed E-state index contributed by atoms with van der Waals surface area (Å²) >= 11 is 1.18. The molecule has 2 N–H and O–H groups in total. The van der Waals surface area contributed by atoms with Gasteiger partial charge in [-0.15, -0.1) is 11.3 Å². The lowest BCUT2D eigenvalue weighted by Gasteiger charge is -2.13. The Bertz CT molecular complexity index is 1050. The van der Waals surface area contributed by atoms with Gasteiger partial charge in [0.05, 0.1) is 18.2 Å². The molecular weight excluding hydrogens is 438 g/mol. The van der Waals surface area contributed by atoms with Crippen LogP contribution in [0.1, 0.15) is 36.6 Å². The minimum absolute atomic E-state index is 0.00152. The summed E-state index contributed by atoms with van der Waals surface area (Å²) < 4.78 is 59.4. The number of hydrogen-bond acceptors (Lipinski definition) is 5. The molecule has 0 saturated heterocycles. The molecule has 0 aliphatic rings. The van der Waals surface area contributed by atoms with Crippen molar-refractivity contribution in [2.45, 2.75) is 32.7 Å². The number of benzene rings is 1. The Morgan fingerprint density at radius 2 is 2.06 bits per heavy atom. The normalized spacial score (nSPS) is 12.8. The van der Waals surface area contributed by atoms with E-state index in [1.54, 1.807) is 19.2 Å². The van der Waals surface area contributed by atoms with Crippen LogP contribution in [0.5, 0.6) is 5.88 Å². The Kier molecular flexibility index (Phi) is 6.65. The van der Waals surface area contributed by atoms with Crippen molar-refractivity contribution in [3.05, 3.63) is 64.5 Å². The molecule has 3 rings (SSSR count). The van der Waals surface area contributed by atoms with Gasteiger partial charge in [0, 0.05) is 29.4 Å². The number of halogens is 4. The molecule has 6 nitrogen and oxygen atoms in total. The first-order valence-corrected chi connectivity index (χ1v) is 10.0. The van der Waals surface area contributed by atoms with E-state index in [0.29, 0.717) is 16.8 Å². The Morgan fingerprint density at radius 1 is 1.32 bits per heavy atom. The fourth-order valence-electron chi connectivity index (χ4n) is 2.84. The van der Waals surface area contributed by atoms with E-state index in [9.17, 15) is 27.5 Å². The molecule has 1 amide bonds. The number of carbonyl (C=O) groups is 1. The molecule has 1 unspecified atom stereocenters. The third-order valence-electron chi connectivity index (χ3n) is 4.38. The summed E-state index contributed by atoms with van der Waals surface area (Å²) in [6.45, 7) is 3.43. The van der Waals surface area contributed by atoms with Crippen LogP contribution < -0.4 is 10.1 Å². The van der Waals surface area contributed by atoms with E-state index in [1.165, 1.54) is 40.4 Å². The Balaban J connectivity index is 1.90. The third-order valence-corrected chi connectivity index (χ3v) is 5.07. The van der Waals surface area contributed by atoms with E-state index in [2.05, 4.69) is 10.3 Å². The Labute approximate surface area is 179 Å². The second-order valence-corrected chi connectivity index (χ2v) is 7.99. The zero-order valence-electron chi connectivity index (χ0n) is 16.5. The monoisotopic (exact) mass is 457 g/mol. The zero-order valence-corrected chi connectivity index (χ0v) is 17.3. The highest BCUT2D eigenvalue weighted by molar-refractivity contribution is 7.13. The molecule has 11 heteroatoms. The van der Waals surface area contributed by atoms with Crippen LogP contribution in [0.3, 0.4) is 0 Å². The first kappa shape index (κ1) is 22.8. The highest BCUT2D eigenvalue weighted by Gasteiger charge is 2.34. The molecule has 0 fully saturated rings. The average Bonchev–Trinajstić information content (AvgIpc) is 3.32. The van der Waals surface area contributed by atoms with Gasteiger partial charge in [0.15, 0.2) is 5.13 Å². The van der Waals surface area contributed by atoms with Crippen molar-refractivity contribution < 1.29 is 32.2 Å². The molecule has 0 saturated carbocycles. The van der Waals surface area contributed by atoms with E-state index in [-0.39, 0.29) is 23.9 Å². The molecule has 0 bridgehead atoms. The molecule has 1 aromatic carbocycles. The van der Waals surface area contributed by atoms with Crippen LogP contribution in [0.15, 0.2) is 42.0 Å². The van der Waals surface area contributed by atoms with Gasteiger partial charge in [-0.05, 0) is 23.6 Å². The van der Waals surface area contributed by atoms with Gasteiger partial charge in [0.2, 0.25) is 5.88 Å². The summed E-state index contributed by atoms with van der Waals surface area (Å²) in [4.78, 5) is 16.1. The number of nitrogens with one attached hydrogen (secondary N) is 1. The average molecular weight is 457 g/mol. The molecule has 31 heavy (non-hydrogen) atoms. The second kappa shape index (κ2) is 9.06. The number of thiazole rings is 1. The van der Waals surface area contributed by atoms with Crippen LogP contribution in [0.2, 0.25) is 0 Å². The topological polar surface area (TPSA) is 76.4 Å². The van der Waals surface area contributed by atoms with Crippen LogP contribution in [0, 0.1) is 11.7 Å². The zero-order chi connectivity index (χ0) is 22.8. The minimum atomic E-state index is -4.84. The van der Waals surface area contributed by atoms with E-state index < -0.39 is 29.8 Å². The van der Waals surface area contributed by atoms with Gasteiger partial charge < -0.3 is 14.4 Å². The van der Waals surface area contributed by atoms with Gasteiger partial charge in [-0.1, -0.05) is 19.9 Å². The van der Waals surface area contributed by atoms with Gasteiger partial charge in [0.1, 0.15) is 5.82 Å². The first-order chi connectivity index (χ1) is 14.5. The number of anilines is 1. The smallest absolute Gasteiger partial charge is 0.393 e. The van der Waals surface area contributed by atoms with E-state index >= 15 is 0 Å². The summed E-state index contributed by atoms with van der Waals surface area (Å²) in [5.74, 6) is -1.53. The summed E-state index contributed by atoms with van der Waals surface area (Å²) in [5.41, 5.74) is -0.825. The predicted molar refractivity (Wildman–Crippen MR) is 106 cm³/mol. The lowest BCUT2D eigenvalue weighted by molar-refractivity contribution is -0.140. The maximum atomic E-state index is 13.6. The van der Waals surface area contributed by atoms with E-state index in [1.807, 2.05) is 0 Å². The van der Waals surface area contributed by atoms with Gasteiger partial charge in [0.25, 0.3) is 0 Å². The number of aliphatic hydroxyl groups is 1. The van der Waals surface area contributed by atoms with Crippen molar-refractivity contribution in [2.24, 2.45) is 5.92 Å². The Hall–Kier alpha value is -2.92. The van der Waals surface area contributed by atoms with Crippen molar-refractivity contribution in [2.75, 3.05) is 5.32 Å². The second-order valence-electron chi connectivity index (χ2n) is 7.09. The van der Waals surface area contributed by atoms with Crippen LogP contribution in [-0.4, -0.2) is 20.8 Å². The highest BCUT2D eigenvalue weighted by Crippen LogP contribution is 2.33. The van der Waals surface area contributed by atoms with Crippen molar-refractivity contribution in [1.29, 1.82) is 0 Å². The lowest BCUT2D eigenvalue weighted by Crippen LogP contribution is -2.18. The quantitative estimate of drug-likeness (QED) is 0.483. The van der Waals surface area contributed by atoms with Crippen LogP contribution in [0.25, 0.3) is 0 Å². The largest absolute Gasteiger partial charge is 0.420 e. The predicted octanol–water partition coefficient (Wildman–Crippen LogP) is 5.45. The number of alkyl halides is 3. The van der Waals surface area contributed by atoms with Gasteiger partial charge in [-0.2, -0.15) is 13.2 Å². The van der Waals surface area contributed by atoms with Crippen molar-refractivity contribution in [1.82, 2.24) is 9.55 Å². The van der Waals surface area contributed by atoms with Crippen LogP contribution >= 0.6 is 11.3 Å². The standard InChI is InChI=1S/C20H19F4N3O3S/c1-11(2)17(28)13-8-16(30-19(29)26-18-25-5-6-31-18)27(10-13)9-12-3-4-15(21)14(7-12)20(22,23)24/h3-8,10-11,17,28H,9H2,1-2H3,(H,25,26,29). The molecule has 166 valence electrons. The SMILES string of the molecule is CC(C)C(O)c1cc(OC(=O)Nc2nccs2)n(Cc2ccc(F)c(C(F)(F)F)c2)c1. The van der Waals surface area contributed by atoms with Gasteiger partial charge in [-0.25, -0.2) is 14.2 Å².